The zero-order valence-electron chi connectivity index (χ0n) is 13.1. The summed E-state index contributed by atoms with van der Waals surface area (Å²) >= 11 is 1.60. The Balaban J connectivity index is 1.93. The summed E-state index contributed by atoms with van der Waals surface area (Å²) in [6, 6.07) is 11.4. The molecule has 5 nitrogen and oxygen atoms in total. The Morgan fingerprint density at radius 1 is 1.17 bits per heavy atom. The molecule has 1 aliphatic rings. The molecular formula is C17H16N2O3S. The van der Waals surface area contributed by atoms with Crippen LogP contribution >= 0.6 is 11.3 Å². The quantitative estimate of drug-likeness (QED) is 0.639. The number of hydrogen-bond donors (Lipinski definition) is 0. The molecule has 0 N–H and O–H groups in total. The van der Waals surface area contributed by atoms with E-state index in [9.17, 15) is 4.79 Å². The molecule has 0 saturated carbocycles. The number of carbonyl (C=O) groups excluding carboxylic acids is 1. The highest BCUT2D eigenvalue weighted by atomic mass is 32.1. The molecule has 1 aromatic heterocycles. The number of ether oxygens (including phenoxy) is 1. The van der Waals surface area contributed by atoms with Crippen molar-refractivity contribution < 1.29 is 14.4 Å². The van der Waals surface area contributed by atoms with Gasteiger partial charge >= 0.3 is 5.97 Å². The third kappa shape index (κ3) is 3.12. The minimum absolute atomic E-state index is 0.435. The maximum Gasteiger partial charge on any atom is 0.368 e. The van der Waals surface area contributed by atoms with Crippen molar-refractivity contribution in [1.82, 2.24) is 0 Å². The van der Waals surface area contributed by atoms with Gasteiger partial charge in [-0.2, -0.15) is 0 Å². The molecule has 0 bridgehead atoms. The summed E-state index contributed by atoms with van der Waals surface area (Å²) in [5, 5.41) is 5.03. The molecule has 0 aliphatic carbocycles. The number of thiophene rings is 1. The molecule has 1 aliphatic heterocycles. The van der Waals surface area contributed by atoms with Crippen molar-refractivity contribution in [3.8, 4) is 5.75 Å². The summed E-state index contributed by atoms with van der Waals surface area (Å²) in [6.07, 6.45) is 1.82. The minimum Gasteiger partial charge on any atom is -0.497 e. The van der Waals surface area contributed by atoms with E-state index in [-0.39, 0.29) is 0 Å². The maximum absolute atomic E-state index is 12.0. The Kier molecular flexibility index (Phi) is 4.16. The van der Waals surface area contributed by atoms with E-state index >= 15 is 0 Å². The van der Waals surface area contributed by atoms with Crippen LogP contribution in [0, 0.1) is 0 Å². The lowest BCUT2D eigenvalue weighted by Crippen LogP contribution is -2.06. The van der Waals surface area contributed by atoms with Gasteiger partial charge < -0.3 is 14.5 Å². The van der Waals surface area contributed by atoms with Crippen molar-refractivity contribution >= 4 is 34.1 Å². The van der Waals surface area contributed by atoms with Gasteiger partial charge in [0.1, 0.15) is 11.5 Å². The van der Waals surface area contributed by atoms with Gasteiger partial charge in [-0.1, -0.05) is 5.16 Å². The van der Waals surface area contributed by atoms with E-state index in [0.29, 0.717) is 11.3 Å². The average molecular weight is 328 g/mol. The Labute approximate surface area is 138 Å². The number of nitrogens with zero attached hydrogens (tertiary/aromatic N) is 2. The standard InChI is InChI=1S/C17H16N2O3S/c1-19(2)15-9-8-13(23-15)10-14-16(18-22-17(14)20)11-4-6-12(21-3)7-5-11/h4-10H,1-3H3/b14-10+. The highest BCUT2D eigenvalue weighted by Crippen LogP contribution is 2.28. The van der Waals surface area contributed by atoms with E-state index in [4.69, 9.17) is 9.57 Å². The van der Waals surface area contributed by atoms with Crippen molar-refractivity contribution in [3.63, 3.8) is 0 Å². The fourth-order valence-electron chi connectivity index (χ4n) is 2.17. The Hall–Kier alpha value is -2.60. The molecule has 3 rings (SSSR count). The number of hydrogen-bond acceptors (Lipinski definition) is 6. The van der Waals surface area contributed by atoms with Crippen LogP contribution in [0.4, 0.5) is 5.00 Å². The van der Waals surface area contributed by atoms with Gasteiger partial charge in [-0.15, -0.1) is 11.3 Å². The van der Waals surface area contributed by atoms with E-state index in [1.807, 2.05) is 61.5 Å². The molecule has 118 valence electrons. The van der Waals surface area contributed by atoms with E-state index in [1.165, 1.54) is 0 Å². The zero-order chi connectivity index (χ0) is 16.4. The number of benzene rings is 1. The normalized spacial score (nSPS) is 15.5. The molecule has 0 saturated heterocycles. The second-order valence-electron chi connectivity index (χ2n) is 5.18. The van der Waals surface area contributed by atoms with E-state index < -0.39 is 5.97 Å². The monoisotopic (exact) mass is 328 g/mol. The van der Waals surface area contributed by atoms with E-state index in [1.54, 1.807) is 18.4 Å². The van der Waals surface area contributed by atoms with Crippen molar-refractivity contribution in [1.29, 1.82) is 0 Å². The van der Waals surface area contributed by atoms with E-state index in [0.717, 1.165) is 21.2 Å². The predicted octanol–water partition coefficient (Wildman–Crippen LogP) is 3.17. The van der Waals surface area contributed by atoms with E-state index in [2.05, 4.69) is 5.16 Å². The highest BCUT2D eigenvalue weighted by molar-refractivity contribution is 7.17. The van der Waals surface area contributed by atoms with Gasteiger partial charge in [0.15, 0.2) is 0 Å². The summed E-state index contributed by atoms with van der Waals surface area (Å²) in [5.41, 5.74) is 1.81. The first-order valence-electron chi connectivity index (χ1n) is 7.01. The van der Waals surface area contributed by atoms with Crippen molar-refractivity contribution in [3.05, 3.63) is 52.4 Å². The van der Waals surface area contributed by atoms with Gasteiger partial charge in [0.25, 0.3) is 0 Å². The Bertz CT molecular complexity index is 788. The second-order valence-corrected chi connectivity index (χ2v) is 6.27. The minimum atomic E-state index is -0.435. The highest BCUT2D eigenvalue weighted by Gasteiger charge is 2.27. The number of anilines is 1. The van der Waals surface area contributed by atoms with Crippen LogP contribution in [0.25, 0.3) is 6.08 Å². The fraction of sp³-hybridized carbons (Fsp3) is 0.176. The average Bonchev–Trinajstić information content (AvgIpc) is 3.16. The first-order valence-corrected chi connectivity index (χ1v) is 7.83. The SMILES string of the molecule is COc1ccc(C2=NOC(=O)/C2=C/c2ccc(N(C)C)s2)cc1. The predicted molar refractivity (Wildman–Crippen MR) is 92.2 cm³/mol. The molecule has 0 atom stereocenters. The van der Waals surface area contributed by atoms with Crippen LogP contribution in [0.15, 0.2) is 47.1 Å². The largest absolute Gasteiger partial charge is 0.497 e. The molecule has 0 fully saturated rings. The van der Waals surface area contributed by atoms with Crippen LogP contribution < -0.4 is 9.64 Å². The lowest BCUT2D eigenvalue weighted by Gasteiger charge is -2.06. The fourth-order valence-corrected chi connectivity index (χ4v) is 3.04. The topological polar surface area (TPSA) is 51.1 Å². The molecule has 0 spiro atoms. The van der Waals surface area contributed by atoms with Crippen molar-refractivity contribution in [2.24, 2.45) is 5.16 Å². The third-order valence-electron chi connectivity index (χ3n) is 3.40. The van der Waals surface area contributed by atoms with Gasteiger partial charge in [-0.25, -0.2) is 4.79 Å². The molecule has 1 aromatic carbocycles. The smallest absolute Gasteiger partial charge is 0.368 e. The van der Waals surface area contributed by atoms with Gasteiger partial charge in [-0.3, -0.25) is 0 Å². The summed E-state index contributed by atoms with van der Waals surface area (Å²) in [4.78, 5) is 19.9. The van der Waals surface area contributed by atoms with Crippen LogP contribution in [-0.4, -0.2) is 32.9 Å². The lowest BCUT2D eigenvalue weighted by atomic mass is 10.0. The number of oxime groups is 1. The summed E-state index contributed by atoms with van der Waals surface area (Å²) in [6.45, 7) is 0. The molecule has 2 aromatic rings. The van der Waals surface area contributed by atoms with Gasteiger partial charge in [0.05, 0.1) is 17.7 Å². The van der Waals surface area contributed by atoms with Crippen LogP contribution in [0.3, 0.4) is 0 Å². The summed E-state index contributed by atoms with van der Waals surface area (Å²) < 4.78 is 5.14. The molecule has 6 heteroatoms. The summed E-state index contributed by atoms with van der Waals surface area (Å²) in [5.74, 6) is 0.314. The van der Waals surface area contributed by atoms with Crippen molar-refractivity contribution in [2.45, 2.75) is 0 Å². The first-order chi connectivity index (χ1) is 11.1. The molecule has 23 heavy (non-hydrogen) atoms. The number of methoxy groups -OCH3 is 1. The van der Waals surface area contributed by atoms with Crippen LogP contribution in [0.5, 0.6) is 5.75 Å². The Morgan fingerprint density at radius 2 is 1.91 bits per heavy atom. The first kappa shape index (κ1) is 15.3. The molecular weight excluding hydrogens is 312 g/mol. The third-order valence-corrected chi connectivity index (χ3v) is 4.60. The maximum atomic E-state index is 12.0. The molecule has 0 unspecified atom stereocenters. The number of rotatable bonds is 4. The van der Waals surface area contributed by atoms with Gasteiger partial charge in [-0.05, 0) is 42.5 Å². The molecule has 0 radical (unpaired) electrons. The molecule has 0 amide bonds. The number of carbonyl (C=O) groups is 1. The van der Waals surface area contributed by atoms with Crippen molar-refractivity contribution in [2.75, 3.05) is 26.1 Å². The molecule has 2 heterocycles. The van der Waals surface area contributed by atoms with Crippen LogP contribution in [0.2, 0.25) is 0 Å². The van der Waals surface area contributed by atoms with Crippen LogP contribution in [-0.2, 0) is 9.63 Å². The Morgan fingerprint density at radius 3 is 2.52 bits per heavy atom. The summed E-state index contributed by atoms with van der Waals surface area (Å²) in [7, 11) is 5.58. The van der Waals surface area contributed by atoms with Gasteiger partial charge in [0.2, 0.25) is 0 Å². The van der Waals surface area contributed by atoms with Crippen LogP contribution in [0.1, 0.15) is 10.4 Å². The second kappa shape index (κ2) is 6.26. The lowest BCUT2D eigenvalue weighted by molar-refractivity contribution is -0.136. The zero-order valence-corrected chi connectivity index (χ0v) is 13.9. The van der Waals surface area contributed by atoms with Gasteiger partial charge in [0, 0.05) is 24.5 Å².